The van der Waals surface area contributed by atoms with Crippen molar-refractivity contribution in [2.45, 2.75) is 33.2 Å². The van der Waals surface area contributed by atoms with Crippen molar-refractivity contribution >= 4 is 5.82 Å². The van der Waals surface area contributed by atoms with Gasteiger partial charge in [0.1, 0.15) is 5.82 Å². The van der Waals surface area contributed by atoms with Gasteiger partial charge in [-0.1, -0.05) is 19.9 Å². The normalized spacial score (nSPS) is 10.7. The van der Waals surface area contributed by atoms with E-state index in [0.29, 0.717) is 5.92 Å². The second kappa shape index (κ2) is 8.70. The summed E-state index contributed by atoms with van der Waals surface area (Å²) in [5.41, 5.74) is 1.29. The Morgan fingerprint density at radius 3 is 2.95 bits per heavy atom. The number of aromatic nitrogens is 1. The minimum Gasteiger partial charge on any atom is -0.360 e. The number of allylic oxidation sites excluding steroid dienone is 1. The van der Waals surface area contributed by atoms with Crippen molar-refractivity contribution in [3.63, 3.8) is 0 Å². The molecule has 0 saturated carbocycles. The van der Waals surface area contributed by atoms with Gasteiger partial charge >= 0.3 is 0 Å². The van der Waals surface area contributed by atoms with E-state index in [-0.39, 0.29) is 0 Å². The first-order chi connectivity index (χ1) is 9.13. The van der Waals surface area contributed by atoms with Crippen molar-refractivity contribution in [3.8, 4) is 0 Å². The molecule has 0 aliphatic carbocycles. The summed E-state index contributed by atoms with van der Waals surface area (Å²) in [5, 5.41) is 3.46. The summed E-state index contributed by atoms with van der Waals surface area (Å²) in [7, 11) is 2.09. The lowest BCUT2D eigenvalue weighted by Crippen LogP contribution is -2.21. The van der Waals surface area contributed by atoms with E-state index in [4.69, 9.17) is 0 Å². The maximum atomic E-state index is 4.43. The van der Waals surface area contributed by atoms with Gasteiger partial charge in [0.2, 0.25) is 0 Å². The molecule has 3 nitrogen and oxygen atoms in total. The maximum Gasteiger partial charge on any atom is 0.128 e. The Morgan fingerprint density at radius 2 is 2.26 bits per heavy atom. The molecular weight excluding hydrogens is 234 g/mol. The van der Waals surface area contributed by atoms with Gasteiger partial charge in [-0.3, -0.25) is 0 Å². The zero-order valence-corrected chi connectivity index (χ0v) is 12.5. The zero-order chi connectivity index (χ0) is 14.1. The Bertz CT molecular complexity index is 374. The molecule has 0 aliphatic rings. The van der Waals surface area contributed by atoms with Gasteiger partial charge in [-0.15, -0.1) is 6.58 Å². The fourth-order valence-corrected chi connectivity index (χ4v) is 1.87. The zero-order valence-electron chi connectivity index (χ0n) is 12.5. The SMILES string of the molecule is C=CCCCN(C)c1cc(CNCC(C)C)ccn1. The quantitative estimate of drug-likeness (QED) is 0.546. The van der Waals surface area contributed by atoms with Crippen molar-refractivity contribution in [2.24, 2.45) is 5.92 Å². The molecule has 0 aliphatic heterocycles. The number of rotatable bonds is 9. The predicted octanol–water partition coefficient (Wildman–Crippen LogP) is 3.23. The lowest BCUT2D eigenvalue weighted by molar-refractivity contribution is 0.552. The summed E-state index contributed by atoms with van der Waals surface area (Å²) >= 11 is 0. The predicted molar refractivity (Wildman–Crippen MR) is 83.5 cm³/mol. The van der Waals surface area contributed by atoms with Gasteiger partial charge in [-0.25, -0.2) is 4.98 Å². The van der Waals surface area contributed by atoms with Crippen molar-refractivity contribution in [2.75, 3.05) is 25.0 Å². The van der Waals surface area contributed by atoms with Gasteiger partial charge in [0.05, 0.1) is 0 Å². The van der Waals surface area contributed by atoms with Gasteiger partial charge in [0.25, 0.3) is 0 Å². The van der Waals surface area contributed by atoms with Crippen LogP contribution in [0, 0.1) is 5.92 Å². The minimum absolute atomic E-state index is 0.683. The van der Waals surface area contributed by atoms with E-state index < -0.39 is 0 Å². The van der Waals surface area contributed by atoms with Crippen LogP contribution >= 0.6 is 0 Å². The van der Waals surface area contributed by atoms with Crippen LogP contribution in [0.2, 0.25) is 0 Å². The van der Waals surface area contributed by atoms with E-state index in [2.05, 4.69) is 54.8 Å². The summed E-state index contributed by atoms with van der Waals surface area (Å²) in [6.07, 6.45) is 6.04. The Labute approximate surface area is 117 Å². The molecule has 0 atom stereocenters. The van der Waals surface area contributed by atoms with E-state index in [1.54, 1.807) is 0 Å². The molecule has 0 fully saturated rings. The lowest BCUT2D eigenvalue weighted by atomic mass is 10.2. The van der Waals surface area contributed by atoms with Crippen LogP contribution in [-0.2, 0) is 6.54 Å². The molecule has 0 radical (unpaired) electrons. The Kier molecular flexibility index (Phi) is 7.19. The molecule has 106 valence electrons. The van der Waals surface area contributed by atoms with Gasteiger partial charge in [-0.05, 0) is 43.0 Å². The highest BCUT2D eigenvalue weighted by atomic mass is 15.2. The summed E-state index contributed by atoms with van der Waals surface area (Å²) in [5.74, 6) is 1.73. The molecule has 0 amide bonds. The molecule has 0 bridgehead atoms. The fourth-order valence-electron chi connectivity index (χ4n) is 1.87. The van der Waals surface area contributed by atoms with Crippen molar-refractivity contribution < 1.29 is 0 Å². The van der Waals surface area contributed by atoms with E-state index in [1.165, 1.54) is 5.56 Å². The van der Waals surface area contributed by atoms with E-state index in [0.717, 1.165) is 38.3 Å². The summed E-state index contributed by atoms with van der Waals surface area (Å²) in [6, 6.07) is 4.25. The van der Waals surface area contributed by atoms with Crippen LogP contribution < -0.4 is 10.2 Å². The topological polar surface area (TPSA) is 28.2 Å². The van der Waals surface area contributed by atoms with Crippen LogP contribution in [-0.4, -0.2) is 25.1 Å². The molecule has 0 saturated heterocycles. The van der Waals surface area contributed by atoms with Crippen molar-refractivity contribution in [3.05, 3.63) is 36.5 Å². The second-order valence-corrected chi connectivity index (χ2v) is 5.40. The van der Waals surface area contributed by atoms with Crippen LogP contribution in [0.4, 0.5) is 5.82 Å². The minimum atomic E-state index is 0.683. The van der Waals surface area contributed by atoms with Gasteiger partial charge in [0, 0.05) is 26.3 Å². The molecule has 0 unspecified atom stereocenters. The van der Waals surface area contributed by atoms with Crippen LogP contribution in [0.5, 0.6) is 0 Å². The Hall–Kier alpha value is -1.35. The van der Waals surface area contributed by atoms with Gasteiger partial charge in [-0.2, -0.15) is 0 Å². The molecule has 0 aromatic carbocycles. The van der Waals surface area contributed by atoms with Gasteiger partial charge < -0.3 is 10.2 Å². The highest BCUT2D eigenvalue weighted by molar-refractivity contribution is 5.39. The lowest BCUT2D eigenvalue weighted by Gasteiger charge is -2.18. The third-order valence-corrected chi connectivity index (χ3v) is 2.98. The summed E-state index contributed by atoms with van der Waals surface area (Å²) in [4.78, 5) is 6.64. The fraction of sp³-hybridized carbons (Fsp3) is 0.562. The smallest absolute Gasteiger partial charge is 0.128 e. The highest BCUT2D eigenvalue weighted by Gasteiger charge is 2.03. The number of pyridine rings is 1. The van der Waals surface area contributed by atoms with Crippen LogP contribution in [0.1, 0.15) is 32.3 Å². The third-order valence-electron chi connectivity index (χ3n) is 2.98. The van der Waals surface area contributed by atoms with Crippen molar-refractivity contribution in [1.82, 2.24) is 10.3 Å². The number of nitrogens with zero attached hydrogens (tertiary/aromatic N) is 2. The number of nitrogens with one attached hydrogen (secondary N) is 1. The van der Waals surface area contributed by atoms with Crippen LogP contribution in [0.25, 0.3) is 0 Å². The number of unbranched alkanes of at least 4 members (excludes halogenated alkanes) is 1. The van der Waals surface area contributed by atoms with E-state index in [9.17, 15) is 0 Å². The molecular formula is C16H27N3. The Balaban J connectivity index is 2.48. The van der Waals surface area contributed by atoms with Crippen LogP contribution in [0.15, 0.2) is 31.0 Å². The molecule has 1 rings (SSSR count). The monoisotopic (exact) mass is 261 g/mol. The largest absolute Gasteiger partial charge is 0.360 e. The average Bonchev–Trinajstić information content (AvgIpc) is 2.39. The standard InChI is InChI=1S/C16H27N3/c1-5-6-7-10-19(4)16-11-15(8-9-18-16)13-17-12-14(2)3/h5,8-9,11,14,17H,1,6-7,10,12-13H2,2-4H3. The van der Waals surface area contributed by atoms with Crippen LogP contribution in [0.3, 0.4) is 0 Å². The molecule has 1 heterocycles. The maximum absolute atomic E-state index is 4.43. The first-order valence-corrected chi connectivity index (χ1v) is 7.11. The molecule has 0 spiro atoms. The highest BCUT2D eigenvalue weighted by Crippen LogP contribution is 2.12. The second-order valence-electron chi connectivity index (χ2n) is 5.40. The van der Waals surface area contributed by atoms with Gasteiger partial charge in [0.15, 0.2) is 0 Å². The molecule has 3 heteroatoms. The molecule has 1 aromatic rings. The summed E-state index contributed by atoms with van der Waals surface area (Å²) in [6.45, 7) is 11.2. The first-order valence-electron chi connectivity index (χ1n) is 7.11. The molecule has 1 N–H and O–H groups in total. The average molecular weight is 261 g/mol. The third kappa shape index (κ3) is 6.39. The summed E-state index contributed by atoms with van der Waals surface area (Å²) < 4.78 is 0. The molecule has 19 heavy (non-hydrogen) atoms. The number of anilines is 1. The first kappa shape index (κ1) is 15.7. The van der Waals surface area contributed by atoms with E-state index in [1.807, 2.05) is 12.3 Å². The number of hydrogen-bond acceptors (Lipinski definition) is 3. The Morgan fingerprint density at radius 1 is 1.47 bits per heavy atom. The van der Waals surface area contributed by atoms with Crippen molar-refractivity contribution in [1.29, 1.82) is 0 Å². The number of hydrogen-bond donors (Lipinski definition) is 1. The van der Waals surface area contributed by atoms with E-state index >= 15 is 0 Å². The molecule has 1 aromatic heterocycles.